The first-order valence-corrected chi connectivity index (χ1v) is 7.27. The van der Waals surface area contributed by atoms with Crippen molar-refractivity contribution in [3.8, 4) is 0 Å². The van der Waals surface area contributed by atoms with Gasteiger partial charge in [-0.05, 0) is 54.5 Å². The Morgan fingerprint density at radius 1 is 1.15 bits per heavy atom. The molecule has 0 saturated carbocycles. The van der Waals surface area contributed by atoms with Gasteiger partial charge in [0.05, 0.1) is 0 Å². The first-order valence-electron chi connectivity index (χ1n) is 6.10. The molecule has 5 heteroatoms. The number of thiocarbonyl (C=S) groups is 1. The van der Waals surface area contributed by atoms with Crippen LogP contribution in [0.2, 0.25) is 10.0 Å². The molecule has 2 nitrogen and oxygen atoms in total. The molecule has 104 valence electrons. The maximum atomic E-state index is 6.07. The van der Waals surface area contributed by atoms with E-state index in [2.05, 4.69) is 10.6 Å². The fourth-order valence-corrected chi connectivity index (χ4v) is 2.31. The molecule has 0 aliphatic rings. The van der Waals surface area contributed by atoms with Gasteiger partial charge in [0.2, 0.25) is 0 Å². The van der Waals surface area contributed by atoms with E-state index in [9.17, 15) is 0 Å². The van der Waals surface area contributed by atoms with E-state index >= 15 is 0 Å². The smallest absolute Gasteiger partial charge is 0.171 e. The van der Waals surface area contributed by atoms with Gasteiger partial charge in [-0.1, -0.05) is 41.4 Å². The number of hydrogen-bond acceptors (Lipinski definition) is 1. The Labute approximate surface area is 134 Å². The summed E-state index contributed by atoms with van der Waals surface area (Å²) in [5.41, 5.74) is 2.95. The molecule has 0 spiro atoms. The SMILES string of the molecule is Cc1c(Cl)cccc1NC(=S)NCc1cccc(Cl)c1. The van der Waals surface area contributed by atoms with Crippen molar-refractivity contribution in [1.82, 2.24) is 5.32 Å². The maximum absolute atomic E-state index is 6.07. The van der Waals surface area contributed by atoms with Gasteiger partial charge in [-0.15, -0.1) is 0 Å². The van der Waals surface area contributed by atoms with Crippen LogP contribution in [0.5, 0.6) is 0 Å². The lowest BCUT2D eigenvalue weighted by Gasteiger charge is -2.13. The minimum atomic E-state index is 0.551. The number of benzene rings is 2. The van der Waals surface area contributed by atoms with E-state index in [4.69, 9.17) is 35.4 Å². The first-order chi connectivity index (χ1) is 9.56. The van der Waals surface area contributed by atoms with E-state index < -0.39 is 0 Å². The van der Waals surface area contributed by atoms with Gasteiger partial charge in [-0.2, -0.15) is 0 Å². The van der Waals surface area contributed by atoms with Crippen LogP contribution in [-0.4, -0.2) is 5.11 Å². The van der Waals surface area contributed by atoms with Gasteiger partial charge in [0, 0.05) is 22.3 Å². The molecule has 0 aliphatic carbocycles. The minimum Gasteiger partial charge on any atom is -0.358 e. The van der Waals surface area contributed by atoms with E-state index in [0.717, 1.165) is 16.8 Å². The van der Waals surface area contributed by atoms with Crippen LogP contribution in [0.25, 0.3) is 0 Å². The Balaban J connectivity index is 1.94. The third kappa shape index (κ3) is 4.10. The lowest BCUT2D eigenvalue weighted by Crippen LogP contribution is -2.28. The minimum absolute atomic E-state index is 0.551. The molecule has 0 saturated heterocycles. The third-order valence-electron chi connectivity index (χ3n) is 2.86. The molecule has 20 heavy (non-hydrogen) atoms. The van der Waals surface area contributed by atoms with Gasteiger partial charge in [-0.3, -0.25) is 0 Å². The molecule has 2 aromatic carbocycles. The molecular formula is C15H14Cl2N2S. The van der Waals surface area contributed by atoms with Crippen molar-refractivity contribution in [2.24, 2.45) is 0 Å². The van der Waals surface area contributed by atoms with E-state index in [0.29, 0.717) is 21.7 Å². The summed E-state index contributed by atoms with van der Waals surface area (Å²) in [7, 11) is 0. The molecule has 2 aromatic rings. The van der Waals surface area contributed by atoms with E-state index in [1.165, 1.54) is 0 Å². The van der Waals surface area contributed by atoms with Crippen LogP contribution in [0.15, 0.2) is 42.5 Å². The van der Waals surface area contributed by atoms with Gasteiger partial charge in [0.15, 0.2) is 5.11 Å². The second kappa shape index (κ2) is 6.93. The monoisotopic (exact) mass is 324 g/mol. The van der Waals surface area contributed by atoms with Crippen LogP contribution in [0.1, 0.15) is 11.1 Å². The second-order valence-electron chi connectivity index (χ2n) is 4.35. The molecule has 2 rings (SSSR count). The zero-order chi connectivity index (χ0) is 14.5. The molecule has 0 atom stereocenters. The quantitative estimate of drug-likeness (QED) is 0.794. The first kappa shape index (κ1) is 15.1. The summed E-state index contributed by atoms with van der Waals surface area (Å²) in [5, 5.41) is 8.26. The predicted octanol–water partition coefficient (Wildman–Crippen LogP) is 4.79. The van der Waals surface area contributed by atoms with Crippen LogP contribution >= 0.6 is 35.4 Å². The average molecular weight is 325 g/mol. The molecule has 0 fully saturated rings. The van der Waals surface area contributed by atoms with Crippen LogP contribution in [0, 0.1) is 6.92 Å². The highest BCUT2D eigenvalue weighted by Crippen LogP contribution is 2.22. The Kier molecular flexibility index (Phi) is 5.24. The molecule has 0 heterocycles. The van der Waals surface area contributed by atoms with Gasteiger partial charge in [0.25, 0.3) is 0 Å². The molecule has 0 bridgehead atoms. The molecule has 0 unspecified atom stereocenters. The lowest BCUT2D eigenvalue weighted by atomic mass is 10.2. The van der Waals surface area contributed by atoms with Gasteiger partial charge < -0.3 is 10.6 Å². The third-order valence-corrected chi connectivity index (χ3v) is 3.75. The van der Waals surface area contributed by atoms with Crippen LogP contribution in [-0.2, 0) is 6.54 Å². The Morgan fingerprint density at radius 2 is 1.90 bits per heavy atom. The number of anilines is 1. The Hall–Kier alpha value is -1.29. The highest BCUT2D eigenvalue weighted by atomic mass is 35.5. The van der Waals surface area contributed by atoms with Gasteiger partial charge in [0.1, 0.15) is 0 Å². The number of halogens is 2. The topological polar surface area (TPSA) is 24.1 Å². The second-order valence-corrected chi connectivity index (χ2v) is 5.60. The Morgan fingerprint density at radius 3 is 2.65 bits per heavy atom. The molecule has 2 N–H and O–H groups in total. The largest absolute Gasteiger partial charge is 0.358 e. The molecule has 0 aromatic heterocycles. The normalized spacial score (nSPS) is 10.2. The van der Waals surface area contributed by atoms with Gasteiger partial charge >= 0.3 is 0 Å². The van der Waals surface area contributed by atoms with Crippen molar-refractivity contribution >= 4 is 46.2 Å². The summed E-state index contributed by atoms with van der Waals surface area (Å²) in [5.74, 6) is 0. The van der Waals surface area contributed by atoms with Crippen molar-refractivity contribution in [1.29, 1.82) is 0 Å². The number of rotatable bonds is 3. The maximum Gasteiger partial charge on any atom is 0.171 e. The van der Waals surface area contributed by atoms with Crippen molar-refractivity contribution < 1.29 is 0 Å². The van der Waals surface area contributed by atoms with E-state index in [1.54, 1.807) is 0 Å². The van der Waals surface area contributed by atoms with E-state index in [-0.39, 0.29) is 0 Å². The van der Waals surface area contributed by atoms with Gasteiger partial charge in [-0.25, -0.2) is 0 Å². The molecule has 0 radical (unpaired) electrons. The Bertz CT molecular complexity index is 629. The van der Waals surface area contributed by atoms with E-state index in [1.807, 2.05) is 49.4 Å². The predicted molar refractivity (Wildman–Crippen MR) is 90.7 cm³/mol. The zero-order valence-corrected chi connectivity index (χ0v) is 13.2. The summed E-state index contributed by atoms with van der Waals surface area (Å²) in [6, 6.07) is 13.3. The van der Waals surface area contributed by atoms with Crippen molar-refractivity contribution in [3.63, 3.8) is 0 Å². The summed E-state index contributed by atoms with van der Waals surface area (Å²) < 4.78 is 0. The summed E-state index contributed by atoms with van der Waals surface area (Å²) >= 11 is 17.3. The molecule has 0 aliphatic heterocycles. The van der Waals surface area contributed by atoms with Crippen LogP contribution in [0.4, 0.5) is 5.69 Å². The summed E-state index contributed by atoms with van der Waals surface area (Å²) in [6.07, 6.45) is 0. The lowest BCUT2D eigenvalue weighted by molar-refractivity contribution is 0.926. The fraction of sp³-hybridized carbons (Fsp3) is 0.133. The summed E-state index contributed by atoms with van der Waals surface area (Å²) in [6.45, 7) is 2.57. The fourth-order valence-electron chi connectivity index (χ4n) is 1.74. The van der Waals surface area contributed by atoms with Crippen molar-refractivity contribution in [2.45, 2.75) is 13.5 Å². The standard InChI is InChI=1S/C15H14Cl2N2S/c1-10-13(17)6-3-7-14(10)19-15(20)18-9-11-4-2-5-12(16)8-11/h2-8H,9H2,1H3,(H2,18,19,20). The summed E-state index contributed by atoms with van der Waals surface area (Å²) in [4.78, 5) is 0. The highest BCUT2D eigenvalue weighted by molar-refractivity contribution is 7.80. The van der Waals surface area contributed by atoms with Crippen molar-refractivity contribution in [2.75, 3.05) is 5.32 Å². The number of hydrogen-bond donors (Lipinski definition) is 2. The van der Waals surface area contributed by atoms with Crippen LogP contribution in [0.3, 0.4) is 0 Å². The average Bonchev–Trinajstić information content (AvgIpc) is 2.42. The van der Waals surface area contributed by atoms with Crippen LogP contribution < -0.4 is 10.6 Å². The number of nitrogens with one attached hydrogen (secondary N) is 2. The highest BCUT2D eigenvalue weighted by Gasteiger charge is 2.04. The molecular weight excluding hydrogens is 311 g/mol. The zero-order valence-electron chi connectivity index (χ0n) is 10.9. The van der Waals surface area contributed by atoms with Crippen molar-refractivity contribution in [3.05, 3.63) is 63.6 Å². The molecule has 0 amide bonds.